The van der Waals surface area contributed by atoms with Crippen molar-refractivity contribution in [2.45, 2.75) is 27.3 Å². The van der Waals surface area contributed by atoms with Crippen LogP contribution in [0, 0.1) is 12.8 Å². The Morgan fingerprint density at radius 2 is 1.90 bits per heavy atom. The van der Waals surface area contributed by atoms with Crippen LogP contribution in [0.4, 0.5) is 0 Å². The normalized spacial score (nSPS) is 10.8. The van der Waals surface area contributed by atoms with Gasteiger partial charge in [0.1, 0.15) is 0 Å². The number of nitrogens with zero attached hydrogens (tertiary/aromatic N) is 2. The molecule has 1 aromatic heterocycles. The van der Waals surface area contributed by atoms with Gasteiger partial charge in [-0.15, -0.1) is 0 Å². The van der Waals surface area contributed by atoms with Crippen LogP contribution in [-0.4, -0.2) is 16.1 Å². The Morgan fingerprint density at radius 3 is 2.45 bits per heavy atom. The van der Waals surface area contributed by atoms with Gasteiger partial charge in [0.25, 0.3) is 5.56 Å². The molecule has 0 aliphatic rings. The predicted molar refractivity (Wildman–Crippen MR) is 78.9 cm³/mol. The molecule has 20 heavy (non-hydrogen) atoms. The zero-order chi connectivity index (χ0) is 14.7. The zero-order valence-corrected chi connectivity index (χ0v) is 12.0. The number of aryl methyl sites for hydroxylation is 1. The minimum absolute atomic E-state index is 0.149. The van der Waals surface area contributed by atoms with E-state index in [1.165, 1.54) is 4.68 Å². The second kappa shape index (κ2) is 5.82. The molecule has 1 aromatic carbocycles. The summed E-state index contributed by atoms with van der Waals surface area (Å²) in [5, 5.41) is 4.37. The first-order valence-corrected chi connectivity index (χ1v) is 6.65. The summed E-state index contributed by atoms with van der Waals surface area (Å²) in [6, 6.07) is 9.40. The molecule has 4 nitrogen and oxygen atoms in total. The van der Waals surface area contributed by atoms with Gasteiger partial charge >= 0.3 is 0 Å². The maximum absolute atomic E-state index is 12.0. The Hall–Kier alpha value is -2.23. The fourth-order valence-corrected chi connectivity index (χ4v) is 1.98. The van der Waals surface area contributed by atoms with E-state index in [0.29, 0.717) is 18.5 Å². The lowest BCUT2D eigenvalue weighted by Crippen LogP contribution is -2.28. The van der Waals surface area contributed by atoms with Crippen LogP contribution in [-0.2, 0) is 6.54 Å². The molecular weight excluding hydrogens is 252 g/mol. The SMILES string of the molecule is Cc1ccc(-c2cc(C=O)c(=O)n(CC(C)C)n2)cc1. The highest BCUT2D eigenvalue weighted by Crippen LogP contribution is 2.17. The zero-order valence-electron chi connectivity index (χ0n) is 12.0. The van der Waals surface area contributed by atoms with Gasteiger partial charge in [-0.3, -0.25) is 9.59 Å². The molecule has 0 saturated heterocycles. The molecule has 0 atom stereocenters. The predicted octanol–water partition coefficient (Wildman–Crippen LogP) is 2.69. The summed E-state index contributed by atoms with van der Waals surface area (Å²) in [7, 11) is 0. The largest absolute Gasteiger partial charge is 0.298 e. The highest BCUT2D eigenvalue weighted by Gasteiger charge is 2.10. The fraction of sp³-hybridized carbons (Fsp3) is 0.312. The van der Waals surface area contributed by atoms with Crippen LogP contribution in [0.25, 0.3) is 11.3 Å². The van der Waals surface area contributed by atoms with Crippen molar-refractivity contribution in [1.82, 2.24) is 9.78 Å². The van der Waals surface area contributed by atoms with Crippen LogP contribution in [0.5, 0.6) is 0 Å². The molecule has 0 radical (unpaired) electrons. The second-order valence-electron chi connectivity index (χ2n) is 5.35. The lowest BCUT2D eigenvalue weighted by atomic mass is 10.1. The number of hydrogen-bond acceptors (Lipinski definition) is 3. The lowest BCUT2D eigenvalue weighted by molar-refractivity contribution is 0.112. The number of hydrogen-bond donors (Lipinski definition) is 0. The van der Waals surface area contributed by atoms with Crippen LogP contribution < -0.4 is 5.56 Å². The van der Waals surface area contributed by atoms with Crippen molar-refractivity contribution >= 4 is 6.29 Å². The van der Waals surface area contributed by atoms with E-state index in [9.17, 15) is 9.59 Å². The number of benzene rings is 1. The molecule has 0 fully saturated rings. The molecule has 0 aliphatic carbocycles. The van der Waals surface area contributed by atoms with E-state index < -0.39 is 0 Å². The van der Waals surface area contributed by atoms with Crippen LogP contribution in [0.3, 0.4) is 0 Å². The first-order valence-electron chi connectivity index (χ1n) is 6.65. The number of rotatable bonds is 4. The highest BCUT2D eigenvalue weighted by atomic mass is 16.1. The quantitative estimate of drug-likeness (QED) is 0.803. The summed E-state index contributed by atoms with van der Waals surface area (Å²) in [6.45, 7) is 6.52. The van der Waals surface area contributed by atoms with E-state index in [4.69, 9.17) is 0 Å². The minimum atomic E-state index is -0.329. The topological polar surface area (TPSA) is 52.0 Å². The molecule has 1 heterocycles. The number of carbonyl (C=O) groups excluding carboxylic acids is 1. The average Bonchev–Trinajstić information content (AvgIpc) is 2.41. The maximum Gasteiger partial charge on any atom is 0.277 e. The molecule has 0 spiro atoms. The average molecular weight is 270 g/mol. The van der Waals surface area contributed by atoms with Crippen molar-refractivity contribution in [3.63, 3.8) is 0 Å². The molecule has 0 unspecified atom stereocenters. The van der Waals surface area contributed by atoms with Gasteiger partial charge in [-0.25, -0.2) is 4.68 Å². The van der Waals surface area contributed by atoms with Crippen molar-refractivity contribution in [1.29, 1.82) is 0 Å². The minimum Gasteiger partial charge on any atom is -0.298 e. The third kappa shape index (κ3) is 3.02. The van der Waals surface area contributed by atoms with Crippen LogP contribution >= 0.6 is 0 Å². The van der Waals surface area contributed by atoms with Crippen LogP contribution in [0.1, 0.15) is 29.8 Å². The molecule has 2 aromatic rings. The van der Waals surface area contributed by atoms with Gasteiger partial charge in [-0.1, -0.05) is 43.7 Å². The van der Waals surface area contributed by atoms with Gasteiger partial charge in [0.2, 0.25) is 0 Å². The summed E-state index contributed by atoms with van der Waals surface area (Å²) >= 11 is 0. The van der Waals surface area contributed by atoms with E-state index in [1.54, 1.807) is 6.07 Å². The van der Waals surface area contributed by atoms with Gasteiger partial charge < -0.3 is 0 Å². The van der Waals surface area contributed by atoms with Gasteiger partial charge in [0.05, 0.1) is 11.3 Å². The van der Waals surface area contributed by atoms with Gasteiger partial charge in [0, 0.05) is 12.1 Å². The molecule has 0 aliphatic heterocycles. The van der Waals surface area contributed by atoms with E-state index in [2.05, 4.69) is 5.10 Å². The Bertz CT molecular complexity index is 670. The monoisotopic (exact) mass is 270 g/mol. The Balaban J connectivity index is 2.56. The summed E-state index contributed by atoms with van der Waals surface area (Å²) in [5.74, 6) is 0.285. The smallest absolute Gasteiger partial charge is 0.277 e. The molecule has 0 saturated carbocycles. The highest BCUT2D eigenvalue weighted by molar-refractivity contribution is 5.76. The molecule has 0 N–H and O–H groups in total. The van der Waals surface area contributed by atoms with E-state index in [1.807, 2.05) is 45.0 Å². The van der Waals surface area contributed by atoms with E-state index >= 15 is 0 Å². The summed E-state index contributed by atoms with van der Waals surface area (Å²) in [6.07, 6.45) is 0.596. The Kier molecular flexibility index (Phi) is 4.13. The third-order valence-electron chi connectivity index (χ3n) is 3.01. The Morgan fingerprint density at radius 1 is 1.25 bits per heavy atom. The number of carbonyl (C=O) groups is 1. The third-order valence-corrected chi connectivity index (χ3v) is 3.01. The van der Waals surface area contributed by atoms with Gasteiger partial charge in [0.15, 0.2) is 6.29 Å². The van der Waals surface area contributed by atoms with Crippen molar-refractivity contribution in [3.05, 3.63) is 51.8 Å². The summed E-state index contributed by atoms with van der Waals surface area (Å²) in [5.41, 5.74) is 2.52. The maximum atomic E-state index is 12.0. The number of aldehydes is 1. The first kappa shape index (κ1) is 14.2. The second-order valence-corrected chi connectivity index (χ2v) is 5.35. The standard InChI is InChI=1S/C16H18N2O2/c1-11(2)9-18-16(20)14(10-19)8-15(17-18)13-6-4-12(3)5-7-13/h4-8,10-11H,9H2,1-3H3. The van der Waals surface area contributed by atoms with Gasteiger partial charge in [-0.2, -0.15) is 5.10 Å². The van der Waals surface area contributed by atoms with Crippen molar-refractivity contribution < 1.29 is 4.79 Å². The molecule has 4 heteroatoms. The van der Waals surface area contributed by atoms with Crippen molar-refractivity contribution in [2.24, 2.45) is 5.92 Å². The fourth-order valence-electron chi connectivity index (χ4n) is 1.98. The van der Waals surface area contributed by atoms with E-state index in [-0.39, 0.29) is 17.0 Å². The van der Waals surface area contributed by atoms with E-state index in [0.717, 1.165) is 11.1 Å². The first-order chi connectivity index (χ1) is 9.51. The molecule has 0 bridgehead atoms. The lowest BCUT2D eigenvalue weighted by Gasteiger charge is -2.10. The number of aromatic nitrogens is 2. The van der Waals surface area contributed by atoms with Crippen LogP contribution in [0.2, 0.25) is 0 Å². The summed E-state index contributed by atoms with van der Waals surface area (Å²) < 4.78 is 1.38. The van der Waals surface area contributed by atoms with Gasteiger partial charge in [-0.05, 0) is 18.9 Å². The summed E-state index contributed by atoms with van der Waals surface area (Å²) in [4.78, 5) is 23.1. The molecule has 2 rings (SSSR count). The Labute approximate surface area is 118 Å². The molecular formula is C16H18N2O2. The van der Waals surface area contributed by atoms with Crippen molar-refractivity contribution in [3.8, 4) is 11.3 Å². The van der Waals surface area contributed by atoms with Crippen LogP contribution in [0.15, 0.2) is 35.1 Å². The molecule has 0 amide bonds. The van der Waals surface area contributed by atoms with Crippen molar-refractivity contribution in [2.75, 3.05) is 0 Å². The molecule has 104 valence electrons.